The number of anilines is 1. The molecule has 0 saturated carbocycles. The van der Waals surface area contributed by atoms with E-state index in [1.54, 1.807) is 5.01 Å². The molecule has 26 heavy (non-hydrogen) atoms. The summed E-state index contributed by atoms with van der Waals surface area (Å²) in [6, 6.07) is 18.2. The zero-order chi connectivity index (χ0) is 18.1. The van der Waals surface area contributed by atoms with Gasteiger partial charge in [0.2, 0.25) is 11.8 Å². The number of para-hydroxylation sites is 1. The fourth-order valence-corrected chi connectivity index (χ4v) is 3.92. The Kier molecular flexibility index (Phi) is 4.37. The van der Waals surface area contributed by atoms with Crippen molar-refractivity contribution in [2.24, 2.45) is 5.92 Å². The SMILES string of the molecule is CN(c1ccccc1)N1CC(C(=O)NC2Cc3ccccc3C2)CC1=O. The monoisotopic (exact) mass is 349 g/mol. The second kappa shape index (κ2) is 6.83. The van der Waals surface area contributed by atoms with Gasteiger partial charge >= 0.3 is 0 Å². The molecule has 0 spiro atoms. The van der Waals surface area contributed by atoms with Gasteiger partial charge in [0.25, 0.3) is 0 Å². The van der Waals surface area contributed by atoms with E-state index in [0.717, 1.165) is 18.5 Å². The number of hydrogen-bond acceptors (Lipinski definition) is 3. The van der Waals surface area contributed by atoms with Gasteiger partial charge in [-0.1, -0.05) is 42.5 Å². The molecule has 1 fully saturated rings. The summed E-state index contributed by atoms with van der Waals surface area (Å²) in [4.78, 5) is 25.1. The predicted octanol–water partition coefficient (Wildman–Crippen LogP) is 2.17. The van der Waals surface area contributed by atoms with Crippen LogP contribution in [0.1, 0.15) is 17.5 Å². The van der Waals surface area contributed by atoms with E-state index < -0.39 is 0 Å². The van der Waals surface area contributed by atoms with Gasteiger partial charge in [-0.25, -0.2) is 0 Å². The fourth-order valence-electron chi connectivity index (χ4n) is 3.92. The smallest absolute Gasteiger partial charge is 0.241 e. The lowest BCUT2D eigenvalue weighted by Crippen LogP contribution is -2.43. The largest absolute Gasteiger partial charge is 0.352 e. The van der Waals surface area contributed by atoms with Crippen molar-refractivity contribution < 1.29 is 9.59 Å². The summed E-state index contributed by atoms with van der Waals surface area (Å²) >= 11 is 0. The molecule has 0 radical (unpaired) electrons. The highest BCUT2D eigenvalue weighted by Crippen LogP contribution is 2.25. The highest BCUT2D eigenvalue weighted by Gasteiger charge is 2.37. The number of amides is 2. The fraction of sp³-hybridized carbons (Fsp3) is 0.333. The summed E-state index contributed by atoms with van der Waals surface area (Å²) in [7, 11) is 1.86. The average Bonchev–Trinajstić information content (AvgIpc) is 3.24. The van der Waals surface area contributed by atoms with E-state index in [4.69, 9.17) is 0 Å². The molecule has 1 N–H and O–H groups in total. The van der Waals surface area contributed by atoms with Crippen molar-refractivity contribution in [3.63, 3.8) is 0 Å². The highest BCUT2D eigenvalue weighted by atomic mass is 16.2. The molecular formula is C21H23N3O2. The van der Waals surface area contributed by atoms with E-state index >= 15 is 0 Å². The molecule has 4 rings (SSSR count). The summed E-state index contributed by atoms with van der Waals surface area (Å²) in [6.07, 6.45) is 2.01. The van der Waals surface area contributed by atoms with Crippen molar-refractivity contribution in [1.82, 2.24) is 10.3 Å². The lowest BCUT2D eigenvalue weighted by atomic mass is 10.1. The third-order valence-electron chi connectivity index (χ3n) is 5.36. The number of carbonyl (C=O) groups excluding carboxylic acids is 2. The van der Waals surface area contributed by atoms with Crippen LogP contribution in [0.2, 0.25) is 0 Å². The summed E-state index contributed by atoms with van der Waals surface area (Å²) in [6.45, 7) is 0.426. The van der Waals surface area contributed by atoms with E-state index in [1.165, 1.54) is 11.1 Å². The molecule has 2 aromatic rings. The second-order valence-electron chi connectivity index (χ2n) is 7.12. The van der Waals surface area contributed by atoms with Gasteiger partial charge in [-0.3, -0.25) is 19.6 Å². The first-order valence-electron chi connectivity index (χ1n) is 9.08. The number of nitrogens with zero attached hydrogens (tertiary/aromatic N) is 2. The standard InChI is InChI=1S/C21H23N3O2/c1-23(19-9-3-2-4-10-19)24-14-17(13-20(24)25)21(26)22-18-11-15-7-5-6-8-16(15)12-18/h2-10,17-18H,11-14H2,1H3,(H,22,26). The molecule has 2 amide bonds. The third kappa shape index (κ3) is 3.17. The summed E-state index contributed by atoms with van der Waals surface area (Å²) in [5.74, 6) is -0.316. The van der Waals surface area contributed by atoms with Crippen LogP contribution in [0, 0.1) is 5.92 Å². The van der Waals surface area contributed by atoms with Crippen LogP contribution in [0.5, 0.6) is 0 Å². The number of rotatable bonds is 4. The number of nitrogens with one attached hydrogen (secondary N) is 1. The maximum absolute atomic E-state index is 12.7. The molecule has 2 aromatic carbocycles. The minimum atomic E-state index is -0.294. The van der Waals surface area contributed by atoms with Crippen molar-refractivity contribution >= 4 is 17.5 Å². The van der Waals surface area contributed by atoms with Crippen LogP contribution in [-0.4, -0.2) is 36.5 Å². The molecule has 1 aliphatic carbocycles. The first-order chi connectivity index (χ1) is 12.6. The number of benzene rings is 2. The second-order valence-corrected chi connectivity index (χ2v) is 7.12. The van der Waals surface area contributed by atoms with Gasteiger partial charge in [-0.05, 0) is 36.1 Å². The number of hydrogen-bond donors (Lipinski definition) is 1. The first-order valence-corrected chi connectivity index (χ1v) is 9.08. The van der Waals surface area contributed by atoms with Crippen LogP contribution in [0.15, 0.2) is 54.6 Å². The van der Waals surface area contributed by atoms with Crippen LogP contribution in [0.4, 0.5) is 5.69 Å². The van der Waals surface area contributed by atoms with Gasteiger partial charge in [0.15, 0.2) is 0 Å². The molecule has 0 aromatic heterocycles. The quantitative estimate of drug-likeness (QED) is 0.920. The molecule has 1 aliphatic heterocycles. The normalized spacial score (nSPS) is 19.5. The minimum Gasteiger partial charge on any atom is -0.352 e. The predicted molar refractivity (Wildman–Crippen MR) is 100 cm³/mol. The van der Waals surface area contributed by atoms with E-state index in [1.807, 2.05) is 54.5 Å². The zero-order valence-electron chi connectivity index (χ0n) is 14.9. The van der Waals surface area contributed by atoms with Crippen LogP contribution < -0.4 is 10.3 Å². The molecule has 1 heterocycles. The van der Waals surface area contributed by atoms with Gasteiger partial charge in [0.1, 0.15) is 0 Å². The Morgan fingerprint density at radius 2 is 1.62 bits per heavy atom. The molecule has 0 bridgehead atoms. The molecule has 5 nitrogen and oxygen atoms in total. The average molecular weight is 349 g/mol. The van der Waals surface area contributed by atoms with Crippen LogP contribution in [0.25, 0.3) is 0 Å². The van der Waals surface area contributed by atoms with Crippen molar-refractivity contribution in [2.75, 3.05) is 18.6 Å². The first kappa shape index (κ1) is 16.6. The Labute approximate surface area is 153 Å². The molecule has 5 heteroatoms. The van der Waals surface area contributed by atoms with Gasteiger partial charge in [0.05, 0.1) is 18.2 Å². The van der Waals surface area contributed by atoms with Crippen LogP contribution in [0.3, 0.4) is 0 Å². The molecular weight excluding hydrogens is 326 g/mol. The Bertz CT molecular complexity index is 796. The molecule has 1 unspecified atom stereocenters. The maximum Gasteiger partial charge on any atom is 0.241 e. The van der Waals surface area contributed by atoms with Crippen molar-refractivity contribution in [3.05, 3.63) is 65.7 Å². The topological polar surface area (TPSA) is 52.6 Å². The number of fused-ring (bicyclic) bond motifs is 1. The van der Waals surface area contributed by atoms with Gasteiger partial charge in [-0.2, -0.15) is 0 Å². The molecule has 2 aliphatic rings. The van der Waals surface area contributed by atoms with Gasteiger partial charge in [0, 0.05) is 19.5 Å². The highest BCUT2D eigenvalue weighted by molar-refractivity contribution is 5.90. The summed E-state index contributed by atoms with van der Waals surface area (Å²) < 4.78 is 0. The number of hydrazine groups is 1. The van der Waals surface area contributed by atoms with Crippen LogP contribution in [-0.2, 0) is 22.4 Å². The van der Waals surface area contributed by atoms with Gasteiger partial charge < -0.3 is 5.32 Å². The number of carbonyl (C=O) groups is 2. The molecule has 1 atom stereocenters. The van der Waals surface area contributed by atoms with Crippen molar-refractivity contribution in [1.29, 1.82) is 0 Å². The van der Waals surface area contributed by atoms with Gasteiger partial charge in [-0.15, -0.1) is 0 Å². The summed E-state index contributed by atoms with van der Waals surface area (Å²) in [5, 5.41) is 6.66. The Morgan fingerprint density at radius 1 is 1.00 bits per heavy atom. The molecule has 1 saturated heterocycles. The van der Waals surface area contributed by atoms with Crippen LogP contribution >= 0.6 is 0 Å². The van der Waals surface area contributed by atoms with Crippen molar-refractivity contribution in [2.45, 2.75) is 25.3 Å². The third-order valence-corrected chi connectivity index (χ3v) is 5.36. The lowest BCUT2D eigenvalue weighted by Gasteiger charge is -2.30. The van der Waals surface area contributed by atoms with E-state index in [9.17, 15) is 9.59 Å². The zero-order valence-corrected chi connectivity index (χ0v) is 14.9. The Hall–Kier alpha value is -2.82. The summed E-state index contributed by atoms with van der Waals surface area (Å²) in [5.41, 5.74) is 3.56. The Morgan fingerprint density at radius 3 is 2.27 bits per heavy atom. The maximum atomic E-state index is 12.7. The minimum absolute atomic E-state index is 0.00814. The van der Waals surface area contributed by atoms with E-state index in [0.29, 0.717) is 6.54 Å². The molecule has 134 valence electrons. The van der Waals surface area contributed by atoms with Crippen molar-refractivity contribution in [3.8, 4) is 0 Å². The van der Waals surface area contributed by atoms with E-state index in [-0.39, 0.29) is 30.2 Å². The Balaban J connectivity index is 1.37. The van der Waals surface area contributed by atoms with E-state index in [2.05, 4.69) is 17.4 Å². The lowest BCUT2D eigenvalue weighted by molar-refractivity contribution is -0.129.